The number of aliphatic hydroxyl groups is 3. The van der Waals surface area contributed by atoms with Gasteiger partial charge in [-0.2, -0.15) is 0 Å². The van der Waals surface area contributed by atoms with Crippen LogP contribution in [-0.4, -0.2) is 52.4 Å². The maximum atomic E-state index is 9.65. The molecular formula is C9H19NO4. The normalized spacial score (nSPS) is 44.4. The van der Waals surface area contributed by atoms with Gasteiger partial charge in [0.25, 0.3) is 0 Å². The van der Waals surface area contributed by atoms with Crippen LogP contribution in [0.5, 0.6) is 0 Å². The van der Waals surface area contributed by atoms with Crippen LogP contribution in [0.4, 0.5) is 0 Å². The van der Waals surface area contributed by atoms with Crippen molar-refractivity contribution < 1.29 is 20.1 Å². The van der Waals surface area contributed by atoms with Gasteiger partial charge in [-0.05, 0) is 5.92 Å². The van der Waals surface area contributed by atoms with Gasteiger partial charge in [0, 0.05) is 0 Å². The molecule has 5 N–H and O–H groups in total. The Bertz CT molecular complexity index is 186. The predicted molar refractivity (Wildman–Crippen MR) is 50.6 cm³/mol. The first-order valence-electron chi connectivity index (χ1n) is 4.87. The van der Waals surface area contributed by atoms with Gasteiger partial charge < -0.3 is 25.8 Å². The molecule has 0 aromatic rings. The number of nitrogens with two attached hydrogens (primary N) is 1. The van der Waals surface area contributed by atoms with Gasteiger partial charge in [-0.1, -0.05) is 13.8 Å². The van der Waals surface area contributed by atoms with E-state index in [9.17, 15) is 10.2 Å². The van der Waals surface area contributed by atoms with Crippen LogP contribution in [0.3, 0.4) is 0 Å². The number of hydrogen-bond acceptors (Lipinski definition) is 5. The molecule has 1 saturated heterocycles. The van der Waals surface area contributed by atoms with Gasteiger partial charge in [0.1, 0.15) is 12.2 Å². The lowest BCUT2D eigenvalue weighted by Gasteiger charge is -2.42. The van der Waals surface area contributed by atoms with Crippen molar-refractivity contribution in [1.82, 2.24) is 0 Å². The van der Waals surface area contributed by atoms with E-state index in [0.717, 1.165) is 0 Å². The standard InChI is InChI=1S/C9H19NO4/c1-4(2)9-8(13)7(12)6(10)5(3-11)14-9/h4-9,11-13H,3,10H2,1-2H3. The van der Waals surface area contributed by atoms with E-state index in [4.69, 9.17) is 15.6 Å². The Morgan fingerprint density at radius 1 is 1.29 bits per heavy atom. The maximum absolute atomic E-state index is 9.65. The van der Waals surface area contributed by atoms with Crippen molar-refractivity contribution in [3.8, 4) is 0 Å². The molecule has 5 atom stereocenters. The lowest BCUT2D eigenvalue weighted by molar-refractivity contribution is -0.198. The molecule has 1 aliphatic heterocycles. The molecule has 5 heteroatoms. The SMILES string of the molecule is CC(C)C1OC(CO)C(N)C(O)C1O. The Labute approximate surface area is 83.5 Å². The quantitative estimate of drug-likeness (QED) is 0.438. The van der Waals surface area contributed by atoms with E-state index in [0.29, 0.717) is 0 Å². The molecule has 5 unspecified atom stereocenters. The minimum absolute atomic E-state index is 0.0706. The summed E-state index contributed by atoms with van der Waals surface area (Å²) in [6, 6.07) is -0.731. The maximum Gasteiger partial charge on any atom is 0.108 e. The second-order valence-electron chi connectivity index (χ2n) is 4.12. The number of ether oxygens (including phenoxy) is 1. The van der Waals surface area contributed by atoms with Gasteiger partial charge in [-0.25, -0.2) is 0 Å². The van der Waals surface area contributed by atoms with E-state index in [1.807, 2.05) is 13.8 Å². The second kappa shape index (κ2) is 4.55. The molecule has 0 aromatic carbocycles. The van der Waals surface area contributed by atoms with Gasteiger partial charge in [0.2, 0.25) is 0 Å². The summed E-state index contributed by atoms with van der Waals surface area (Å²) in [5.74, 6) is 0.0706. The van der Waals surface area contributed by atoms with Crippen LogP contribution in [0.1, 0.15) is 13.8 Å². The van der Waals surface area contributed by atoms with E-state index in [1.54, 1.807) is 0 Å². The molecule has 1 fully saturated rings. The summed E-state index contributed by atoms with van der Waals surface area (Å²) >= 11 is 0. The van der Waals surface area contributed by atoms with Crippen LogP contribution in [-0.2, 0) is 4.74 Å². The summed E-state index contributed by atoms with van der Waals surface area (Å²) in [6.45, 7) is 3.52. The summed E-state index contributed by atoms with van der Waals surface area (Å²) in [5, 5.41) is 28.2. The third kappa shape index (κ3) is 2.07. The molecule has 0 saturated carbocycles. The molecule has 0 aromatic heterocycles. The van der Waals surface area contributed by atoms with E-state index in [2.05, 4.69) is 0 Å². The summed E-state index contributed by atoms with van der Waals surface area (Å²) < 4.78 is 5.41. The molecule has 1 rings (SSSR count). The Morgan fingerprint density at radius 2 is 1.86 bits per heavy atom. The topological polar surface area (TPSA) is 95.9 Å². The van der Waals surface area contributed by atoms with Crippen LogP contribution in [0.15, 0.2) is 0 Å². The third-order valence-corrected chi connectivity index (χ3v) is 2.68. The Hall–Kier alpha value is -0.200. The van der Waals surface area contributed by atoms with Crippen molar-refractivity contribution in [1.29, 1.82) is 0 Å². The number of hydrogen-bond donors (Lipinski definition) is 4. The van der Waals surface area contributed by atoms with Crippen molar-refractivity contribution in [2.24, 2.45) is 11.7 Å². The second-order valence-corrected chi connectivity index (χ2v) is 4.12. The lowest BCUT2D eigenvalue weighted by Crippen LogP contribution is -2.63. The van der Waals surface area contributed by atoms with Crippen molar-refractivity contribution in [3.63, 3.8) is 0 Å². The zero-order valence-electron chi connectivity index (χ0n) is 8.50. The molecule has 0 amide bonds. The first-order valence-corrected chi connectivity index (χ1v) is 4.87. The fourth-order valence-corrected chi connectivity index (χ4v) is 1.73. The molecule has 0 spiro atoms. The van der Waals surface area contributed by atoms with Crippen LogP contribution < -0.4 is 5.73 Å². The molecule has 0 aliphatic carbocycles. The minimum atomic E-state index is -1.03. The van der Waals surface area contributed by atoms with Crippen molar-refractivity contribution in [2.45, 2.75) is 44.3 Å². The highest BCUT2D eigenvalue weighted by Crippen LogP contribution is 2.24. The van der Waals surface area contributed by atoms with E-state index < -0.39 is 30.5 Å². The summed E-state index contributed by atoms with van der Waals surface area (Å²) in [6.07, 6.45) is -3.08. The van der Waals surface area contributed by atoms with Gasteiger partial charge in [-0.15, -0.1) is 0 Å². The third-order valence-electron chi connectivity index (χ3n) is 2.68. The molecule has 5 nitrogen and oxygen atoms in total. The first-order chi connectivity index (χ1) is 6.49. The molecule has 1 aliphatic rings. The van der Waals surface area contributed by atoms with E-state index >= 15 is 0 Å². The fraction of sp³-hybridized carbons (Fsp3) is 1.00. The molecule has 1 heterocycles. The van der Waals surface area contributed by atoms with Crippen LogP contribution in [0, 0.1) is 5.92 Å². The van der Waals surface area contributed by atoms with E-state index in [-0.39, 0.29) is 12.5 Å². The minimum Gasteiger partial charge on any atom is -0.394 e. The molecular weight excluding hydrogens is 186 g/mol. The van der Waals surface area contributed by atoms with Crippen molar-refractivity contribution in [3.05, 3.63) is 0 Å². The van der Waals surface area contributed by atoms with Gasteiger partial charge in [0.05, 0.1) is 24.9 Å². The number of aliphatic hydroxyl groups excluding tert-OH is 3. The van der Waals surface area contributed by atoms with Crippen LogP contribution in [0.2, 0.25) is 0 Å². The monoisotopic (exact) mass is 205 g/mol. The first kappa shape index (κ1) is 11.9. The highest BCUT2D eigenvalue weighted by molar-refractivity contribution is 4.95. The number of rotatable bonds is 2. The molecule has 84 valence electrons. The van der Waals surface area contributed by atoms with Gasteiger partial charge >= 0.3 is 0 Å². The van der Waals surface area contributed by atoms with Crippen LogP contribution in [0.25, 0.3) is 0 Å². The highest BCUT2D eigenvalue weighted by Gasteiger charge is 2.43. The molecule has 14 heavy (non-hydrogen) atoms. The molecule has 0 bridgehead atoms. The summed E-state index contributed by atoms with van der Waals surface area (Å²) in [4.78, 5) is 0. The summed E-state index contributed by atoms with van der Waals surface area (Å²) in [5.41, 5.74) is 5.59. The fourth-order valence-electron chi connectivity index (χ4n) is 1.73. The molecule has 0 radical (unpaired) electrons. The zero-order valence-corrected chi connectivity index (χ0v) is 8.50. The van der Waals surface area contributed by atoms with Crippen molar-refractivity contribution in [2.75, 3.05) is 6.61 Å². The lowest BCUT2D eigenvalue weighted by atomic mass is 9.88. The van der Waals surface area contributed by atoms with Gasteiger partial charge in [0.15, 0.2) is 0 Å². The Balaban J connectivity index is 2.73. The van der Waals surface area contributed by atoms with Crippen molar-refractivity contribution >= 4 is 0 Å². The average Bonchev–Trinajstić information content (AvgIpc) is 2.14. The predicted octanol–water partition coefficient (Wildman–Crippen LogP) is -1.55. The Kier molecular flexibility index (Phi) is 3.86. The zero-order chi connectivity index (χ0) is 10.9. The van der Waals surface area contributed by atoms with Gasteiger partial charge in [-0.3, -0.25) is 0 Å². The smallest absolute Gasteiger partial charge is 0.108 e. The van der Waals surface area contributed by atoms with Crippen LogP contribution >= 0.6 is 0 Å². The Morgan fingerprint density at radius 3 is 2.29 bits per heavy atom. The largest absolute Gasteiger partial charge is 0.394 e. The highest BCUT2D eigenvalue weighted by atomic mass is 16.5. The van der Waals surface area contributed by atoms with E-state index in [1.165, 1.54) is 0 Å². The average molecular weight is 205 g/mol. The summed E-state index contributed by atoms with van der Waals surface area (Å²) in [7, 11) is 0.